The van der Waals surface area contributed by atoms with Gasteiger partial charge in [-0.15, -0.1) is 0 Å². The van der Waals surface area contributed by atoms with Crippen LogP contribution in [0.5, 0.6) is 0 Å². The molecular weight excluding hydrogens is 1250 g/mol. The van der Waals surface area contributed by atoms with Crippen molar-refractivity contribution in [3.8, 4) is 0 Å². The number of aliphatic hydroxyl groups excluding tert-OH is 1. The summed E-state index contributed by atoms with van der Waals surface area (Å²) in [5.41, 5.74) is 0. The average molecular weight is 1400 g/mol. The number of rotatable bonds is 75. The molecule has 95 heavy (non-hydrogen) atoms. The van der Waals surface area contributed by atoms with E-state index in [4.69, 9.17) is 37.0 Å². The standard InChI is InChI=1S/C76H148O17P2/c1-7-10-12-14-16-18-20-22-26-29-33-40-46-52-58-73(78)86-64-71(92-76(81)61-55-49-43-35-31-27-23-25-28-32-38-44-50-56-68(4)5)66-90-94(82,83)88-62-70(77)63-89-95(84,85)91-67-72(65-87-74(79)59-53-47-41-37-36-39-45-51-57-69(6)9-3)93-75(80)60-54-48-42-34-30-24-21-19-17-15-13-11-8-2/h68-72,77H,7-67H2,1-6H3,(H,82,83)(H,84,85)/t69?,70-,71-,72-/m1/s1. The van der Waals surface area contributed by atoms with Gasteiger partial charge in [0, 0.05) is 25.7 Å². The van der Waals surface area contributed by atoms with Gasteiger partial charge in [-0.2, -0.15) is 0 Å². The van der Waals surface area contributed by atoms with E-state index in [1.807, 2.05) is 0 Å². The van der Waals surface area contributed by atoms with Gasteiger partial charge < -0.3 is 33.8 Å². The average Bonchev–Trinajstić information content (AvgIpc) is 1.57. The topological polar surface area (TPSA) is 237 Å². The smallest absolute Gasteiger partial charge is 0.462 e. The van der Waals surface area contributed by atoms with Crippen LogP contribution >= 0.6 is 15.6 Å². The van der Waals surface area contributed by atoms with Gasteiger partial charge in [0.15, 0.2) is 12.2 Å². The molecule has 0 saturated heterocycles. The fourth-order valence-electron chi connectivity index (χ4n) is 11.6. The summed E-state index contributed by atoms with van der Waals surface area (Å²) >= 11 is 0. The first-order valence-electron chi connectivity index (χ1n) is 39.5. The molecular formula is C76H148O17P2. The van der Waals surface area contributed by atoms with Crippen molar-refractivity contribution in [3.63, 3.8) is 0 Å². The van der Waals surface area contributed by atoms with Crippen molar-refractivity contribution < 1.29 is 80.2 Å². The second-order valence-corrected chi connectivity index (χ2v) is 31.0. The fraction of sp³-hybridized carbons (Fsp3) is 0.947. The largest absolute Gasteiger partial charge is 0.472 e. The van der Waals surface area contributed by atoms with Gasteiger partial charge in [-0.1, -0.05) is 343 Å². The van der Waals surface area contributed by atoms with Gasteiger partial charge in [0.05, 0.1) is 26.4 Å². The Balaban J connectivity index is 5.27. The molecule has 0 bridgehead atoms. The third kappa shape index (κ3) is 69.0. The molecule has 6 atom stereocenters. The first-order valence-corrected chi connectivity index (χ1v) is 42.5. The minimum atomic E-state index is -4.96. The molecule has 0 rings (SSSR count). The monoisotopic (exact) mass is 1400 g/mol. The quantitative estimate of drug-likeness (QED) is 0.0222. The molecule has 17 nitrogen and oxygen atoms in total. The lowest BCUT2D eigenvalue weighted by molar-refractivity contribution is -0.161. The molecule has 3 unspecified atom stereocenters. The number of phosphoric ester groups is 2. The summed E-state index contributed by atoms with van der Waals surface area (Å²) < 4.78 is 68.6. The first kappa shape index (κ1) is 93.1. The van der Waals surface area contributed by atoms with Gasteiger partial charge in [0.25, 0.3) is 0 Å². The Morgan fingerprint density at radius 3 is 0.800 bits per heavy atom. The molecule has 0 aromatic carbocycles. The van der Waals surface area contributed by atoms with E-state index in [-0.39, 0.29) is 25.7 Å². The highest BCUT2D eigenvalue weighted by molar-refractivity contribution is 7.47. The van der Waals surface area contributed by atoms with Crippen molar-refractivity contribution >= 4 is 39.5 Å². The first-order chi connectivity index (χ1) is 45.9. The number of ether oxygens (including phenoxy) is 4. The number of esters is 4. The van der Waals surface area contributed by atoms with Crippen molar-refractivity contribution in [1.82, 2.24) is 0 Å². The van der Waals surface area contributed by atoms with Crippen molar-refractivity contribution in [1.29, 1.82) is 0 Å². The van der Waals surface area contributed by atoms with Gasteiger partial charge >= 0.3 is 39.5 Å². The molecule has 0 spiro atoms. The van der Waals surface area contributed by atoms with Crippen molar-refractivity contribution in [2.24, 2.45) is 11.8 Å². The van der Waals surface area contributed by atoms with Gasteiger partial charge in [0.1, 0.15) is 19.3 Å². The van der Waals surface area contributed by atoms with Crippen LogP contribution in [0.1, 0.15) is 395 Å². The van der Waals surface area contributed by atoms with E-state index in [0.29, 0.717) is 25.7 Å². The molecule has 0 saturated carbocycles. The normalized spacial score (nSPS) is 14.3. The van der Waals surface area contributed by atoms with Crippen LogP contribution in [-0.4, -0.2) is 96.7 Å². The molecule has 0 aliphatic rings. The highest BCUT2D eigenvalue weighted by Crippen LogP contribution is 2.45. The number of hydrogen-bond acceptors (Lipinski definition) is 15. The van der Waals surface area contributed by atoms with Crippen LogP contribution in [0.25, 0.3) is 0 Å². The number of carbonyl (C=O) groups excluding carboxylic acids is 4. The van der Waals surface area contributed by atoms with E-state index in [1.165, 1.54) is 212 Å². The Labute approximate surface area is 581 Å². The fourth-order valence-corrected chi connectivity index (χ4v) is 13.2. The van der Waals surface area contributed by atoms with Crippen LogP contribution < -0.4 is 0 Å². The minimum Gasteiger partial charge on any atom is -0.462 e. The highest BCUT2D eigenvalue weighted by Gasteiger charge is 2.30. The lowest BCUT2D eigenvalue weighted by Crippen LogP contribution is -2.30. The summed E-state index contributed by atoms with van der Waals surface area (Å²) in [6.45, 7) is 9.62. The van der Waals surface area contributed by atoms with E-state index in [9.17, 15) is 43.2 Å². The third-order valence-corrected chi connectivity index (χ3v) is 20.0. The molecule has 0 radical (unpaired) electrons. The van der Waals surface area contributed by atoms with Gasteiger partial charge in [0.2, 0.25) is 0 Å². The molecule has 19 heteroatoms. The van der Waals surface area contributed by atoms with Crippen LogP contribution in [0.2, 0.25) is 0 Å². The number of aliphatic hydroxyl groups is 1. The Morgan fingerprint density at radius 1 is 0.305 bits per heavy atom. The summed E-state index contributed by atoms with van der Waals surface area (Å²) in [5, 5.41) is 10.6. The molecule has 3 N–H and O–H groups in total. The predicted octanol–water partition coefficient (Wildman–Crippen LogP) is 22.3. The second kappa shape index (κ2) is 67.9. The van der Waals surface area contributed by atoms with E-state index >= 15 is 0 Å². The molecule has 0 aliphatic heterocycles. The van der Waals surface area contributed by atoms with Gasteiger partial charge in [-0.05, 0) is 37.5 Å². The summed E-state index contributed by atoms with van der Waals surface area (Å²) in [6.07, 6.45) is 55.2. The number of carbonyl (C=O) groups is 4. The Kier molecular flexibility index (Phi) is 66.5. The van der Waals surface area contributed by atoms with Gasteiger partial charge in [-0.3, -0.25) is 37.3 Å². The number of phosphoric acid groups is 2. The maximum Gasteiger partial charge on any atom is 0.472 e. The molecule has 0 aromatic heterocycles. The lowest BCUT2D eigenvalue weighted by atomic mass is 9.99. The summed E-state index contributed by atoms with van der Waals surface area (Å²) in [6, 6.07) is 0. The SMILES string of the molecule is CCCCCCCCCCCCCCCCC(=O)OC[C@H](COP(=O)(O)OC[C@@H](O)COP(=O)(O)OC[C@@H](COC(=O)CCCCCCCCCCC(C)CC)OC(=O)CCCCCCCCCCCCCCC)OC(=O)CCCCCCCCCCCCCCCC(C)C. The maximum absolute atomic E-state index is 13.1. The van der Waals surface area contributed by atoms with Gasteiger partial charge in [-0.25, -0.2) is 9.13 Å². The molecule has 564 valence electrons. The summed E-state index contributed by atoms with van der Waals surface area (Å²) in [7, 11) is -9.91. The van der Waals surface area contributed by atoms with Crippen molar-refractivity contribution in [2.75, 3.05) is 39.6 Å². The van der Waals surface area contributed by atoms with E-state index in [0.717, 1.165) is 102 Å². The zero-order valence-corrected chi connectivity index (χ0v) is 63.8. The van der Waals surface area contributed by atoms with E-state index in [2.05, 4.69) is 41.5 Å². The van der Waals surface area contributed by atoms with Crippen molar-refractivity contribution in [2.45, 2.75) is 413 Å². The molecule has 0 fully saturated rings. The van der Waals surface area contributed by atoms with Crippen LogP contribution in [0.3, 0.4) is 0 Å². The Bertz CT molecular complexity index is 1840. The zero-order valence-electron chi connectivity index (χ0n) is 62.0. The molecule has 0 aliphatic carbocycles. The van der Waals surface area contributed by atoms with Crippen LogP contribution in [-0.2, 0) is 65.4 Å². The Hall–Kier alpha value is -1.94. The Morgan fingerprint density at radius 2 is 0.537 bits per heavy atom. The zero-order chi connectivity index (χ0) is 70.0. The minimum absolute atomic E-state index is 0.107. The maximum atomic E-state index is 13.1. The van der Waals surface area contributed by atoms with E-state index in [1.54, 1.807) is 0 Å². The van der Waals surface area contributed by atoms with Crippen LogP contribution in [0, 0.1) is 11.8 Å². The highest BCUT2D eigenvalue weighted by atomic mass is 31.2. The summed E-state index contributed by atoms with van der Waals surface area (Å²) in [4.78, 5) is 72.9. The number of hydrogen-bond donors (Lipinski definition) is 3. The second-order valence-electron chi connectivity index (χ2n) is 28.1. The molecule has 0 aromatic rings. The van der Waals surface area contributed by atoms with Crippen LogP contribution in [0.4, 0.5) is 0 Å². The third-order valence-electron chi connectivity index (χ3n) is 18.1. The van der Waals surface area contributed by atoms with E-state index < -0.39 is 97.5 Å². The van der Waals surface area contributed by atoms with Crippen molar-refractivity contribution in [3.05, 3.63) is 0 Å². The number of unbranched alkanes of at least 4 members (excludes halogenated alkanes) is 44. The summed E-state index contributed by atoms with van der Waals surface area (Å²) in [5.74, 6) is -0.548. The predicted molar refractivity (Wildman–Crippen MR) is 386 cm³/mol. The molecule has 0 amide bonds. The molecule has 0 heterocycles. The lowest BCUT2D eigenvalue weighted by Gasteiger charge is -2.21. The van der Waals surface area contributed by atoms with Crippen LogP contribution in [0.15, 0.2) is 0 Å².